The van der Waals surface area contributed by atoms with E-state index in [9.17, 15) is 10.1 Å². The van der Waals surface area contributed by atoms with Crippen molar-refractivity contribution in [1.29, 1.82) is 0 Å². The lowest BCUT2D eigenvalue weighted by atomic mass is 10.2. The van der Waals surface area contributed by atoms with Crippen LogP contribution in [-0.4, -0.2) is 36.0 Å². The molecule has 5 nitrogen and oxygen atoms in total. The third-order valence-electron chi connectivity index (χ3n) is 4.15. The Balaban J connectivity index is 1.79. The minimum atomic E-state index is -0.327. The Labute approximate surface area is 134 Å². The summed E-state index contributed by atoms with van der Waals surface area (Å²) in [6.45, 7) is 2.36. The second-order valence-electron chi connectivity index (χ2n) is 5.63. The molecule has 0 aromatic heterocycles. The molecule has 1 aromatic rings. The van der Waals surface area contributed by atoms with Gasteiger partial charge >= 0.3 is 0 Å². The topological polar surface area (TPSA) is 58.4 Å². The van der Waals surface area contributed by atoms with Crippen LogP contribution in [0, 0.1) is 10.1 Å². The van der Waals surface area contributed by atoms with Gasteiger partial charge in [-0.15, -0.1) is 0 Å². The van der Waals surface area contributed by atoms with Crippen LogP contribution in [-0.2, 0) is 6.54 Å². The van der Waals surface area contributed by atoms with E-state index in [4.69, 9.17) is 0 Å². The zero-order valence-corrected chi connectivity index (χ0v) is 13.9. The molecule has 116 valence electrons. The van der Waals surface area contributed by atoms with Crippen LogP contribution in [0.4, 0.5) is 5.69 Å². The van der Waals surface area contributed by atoms with Crippen LogP contribution in [0.15, 0.2) is 22.7 Å². The number of benzene rings is 1. The van der Waals surface area contributed by atoms with Gasteiger partial charge in [-0.2, -0.15) is 0 Å². The Kier molecular flexibility index (Phi) is 6.14. The molecule has 0 saturated heterocycles. The minimum absolute atomic E-state index is 0.168. The van der Waals surface area contributed by atoms with Gasteiger partial charge in [0.2, 0.25) is 0 Å². The van der Waals surface area contributed by atoms with E-state index in [-0.39, 0.29) is 10.6 Å². The summed E-state index contributed by atoms with van der Waals surface area (Å²) in [6, 6.07) is 5.92. The maximum Gasteiger partial charge on any atom is 0.275 e. The number of nitro benzene ring substituents is 1. The van der Waals surface area contributed by atoms with Gasteiger partial charge in [0.05, 0.1) is 4.92 Å². The van der Waals surface area contributed by atoms with Gasteiger partial charge in [-0.05, 0) is 32.0 Å². The van der Waals surface area contributed by atoms with Crippen LogP contribution in [0.1, 0.15) is 31.2 Å². The molecule has 1 fully saturated rings. The molecule has 1 N–H and O–H groups in total. The number of rotatable bonds is 7. The Morgan fingerprint density at radius 1 is 1.43 bits per heavy atom. The second-order valence-corrected chi connectivity index (χ2v) is 6.54. The first kappa shape index (κ1) is 16.4. The standard InChI is InChI=1S/C15H22BrN3O2/c1-18(14-4-2-3-5-14)9-8-17-11-12-6-7-13(16)10-15(12)19(20)21/h6-7,10,14,17H,2-5,8-9,11H2,1H3. The molecule has 6 heteroatoms. The van der Waals surface area contributed by atoms with Crippen LogP contribution in [0.25, 0.3) is 0 Å². The molecule has 1 aliphatic rings. The Morgan fingerprint density at radius 3 is 2.81 bits per heavy atom. The van der Waals surface area contributed by atoms with Gasteiger partial charge in [-0.1, -0.05) is 28.8 Å². The summed E-state index contributed by atoms with van der Waals surface area (Å²) in [4.78, 5) is 13.1. The van der Waals surface area contributed by atoms with E-state index in [2.05, 4.69) is 33.2 Å². The number of nitro groups is 1. The third-order valence-corrected chi connectivity index (χ3v) is 4.64. The SMILES string of the molecule is CN(CCNCc1ccc(Br)cc1[N+](=O)[O-])C1CCCC1. The molecule has 0 unspecified atom stereocenters. The highest BCUT2D eigenvalue weighted by Gasteiger charge is 2.19. The zero-order chi connectivity index (χ0) is 15.2. The molecular weight excluding hydrogens is 334 g/mol. The van der Waals surface area contributed by atoms with E-state index in [1.165, 1.54) is 25.7 Å². The van der Waals surface area contributed by atoms with Crippen LogP contribution in [0.2, 0.25) is 0 Å². The molecule has 0 radical (unpaired) electrons. The Hall–Kier alpha value is -0.980. The Morgan fingerprint density at radius 2 is 2.14 bits per heavy atom. The summed E-state index contributed by atoms with van der Waals surface area (Å²) in [7, 11) is 2.17. The Bertz CT molecular complexity index is 490. The summed E-state index contributed by atoms with van der Waals surface area (Å²) >= 11 is 3.27. The molecule has 0 heterocycles. The molecule has 0 spiro atoms. The predicted octanol–water partition coefficient (Wildman–Crippen LogP) is 3.32. The molecular formula is C15H22BrN3O2. The number of halogens is 1. The smallest absolute Gasteiger partial charge is 0.275 e. The van der Waals surface area contributed by atoms with Crippen molar-refractivity contribution in [1.82, 2.24) is 10.2 Å². The van der Waals surface area contributed by atoms with Crippen molar-refractivity contribution in [2.24, 2.45) is 0 Å². The summed E-state index contributed by atoms with van der Waals surface area (Å²) in [5.74, 6) is 0. The summed E-state index contributed by atoms with van der Waals surface area (Å²) < 4.78 is 0.735. The molecule has 2 rings (SSSR count). The molecule has 1 aromatic carbocycles. The van der Waals surface area contributed by atoms with Crippen molar-refractivity contribution >= 4 is 21.6 Å². The van der Waals surface area contributed by atoms with Crippen molar-refractivity contribution in [2.45, 2.75) is 38.3 Å². The maximum atomic E-state index is 11.0. The zero-order valence-electron chi connectivity index (χ0n) is 12.3. The van der Waals surface area contributed by atoms with E-state index < -0.39 is 0 Å². The van der Waals surface area contributed by atoms with Crippen LogP contribution >= 0.6 is 15.9 Å². The van der Waals surface area contributed by atoms with Gasteiger partial charge in [0.25, 0.3) is 5.69 Å². The lowest BCUT2D eigenvalue weighted by molar-refractivity contribution is -0.385. The van der Waals surface area contributed by atoms with Crippen LogP contribution < -0.4 is 5.32 Å². The number of likely N-dealkylation sites (N-methyl/N-ethyl adjacent to an activating group) is 1. The van der Waals surface area contributed by atoms with Crippen molar-refractivity contribution < 1.29 is 4.92 Å². The lowest BCUT2D eigenvalue weighted by Gasteiger charge is -2.23. The first-order valence-electron chi connectivity index (χ1n) is 7.41. The van der Waals surface area contributed by atoms with Crippen molar-refractivity contribution in [2.75, 3.05) is 20.1 Å². The first-order chi connectivity index (χ1) is 10.1. The molecule has 1 aliphatic carbocycles. The molecule has 0 amide bonds. The minimum Gasteiger partial charge on any atom is -0.311 e. The van der Waals surface area contributed by atoms with Gasteiger partial charge in [0, 0.05) is 41.8 Å². The number of nitrogens with one attached hydrogen (secondary N) is 1. The number of hydrogen-bond acceptors (Lipinski definition) is 4. The predicted molar refractivity (Wildman–Crippen MR) is 87.4 cm³/mol. The van der Waals surface area contributed by atoms with Gasteiger partial charge in [0.1, 0.15) is 0 Å². The number of hydrogen-bond donors (Lipinski definition) is 1. The molecule has 0 bridgehead atoms. The normalized spacial score (nSPS) is 15.8. The largest absolute Gasteiger partial charge is 0.311 e. The van der Waals surface area contributed by atoms with E-state index >= 15 is 0 Å². The van der Waals surface area contributed by atoms with E-state index in [1.54, 1.807) is 12.1 Å². The fourth-order valence-corrected chi connectivity index (χ4v) is 3.21. The highest BCUT2D eigenvalue weighted by atomic mass is 79.9. The monoisotopic (exact) mass is 355 g/mol. The fourth-order valence-electron chi connectivity index (χ4n) is 2.86. The van der Waals surface area contributed by atoms with Crippen molar-refractivity contribution in [3.05, 3.63) is 38.3 Å². The quantitative estimate of drug-likeness (QED) is 0.463. The van der Waals surface area contributed by atoms with Crippen LogP contribution in [0.5, 0.6) is 0 Å². The van der Waals surface area contributed by atoms with Crippen molar-refractivity contribution in [3.8, 4) is 0 Å². The highest BCUT2D eigenvalue weighted by Crippen LogP contribution is 2.24. The molecule has 21 heavy (non-hydrogen) atoms. The maximum absolute atomic E-state index is 11.0. The second kappa shape index (κ2) is 7.87. The lowest BCUT2D eigenvalue weighted by Crippen LogP contribution is -2.35. The van der Waals surface area contributed by atoms with E-state index in [0.29, 0.717) is 12.6 Å². The summed E-state index contributed by atoms with van der Waals surface area (Å²) in [5, 5.41) is 14.3. The van der Waals surface area contributed by atoms with E-state index in [0.717, 1.165) is 23.1 Å². The van der Waals surface area contributed by atoms with Gasteiger partial charge in [-0.3, -0.25) is 10.1 Å². The van der Waals surface area contributed by atoms with Crippen molar-refractivity contribution in [3.63, 3.8) is 0 Å². The third kappa shape index (κ3) is 4.76. The fraction of sp³-hybridized carbons (Fsp3) is 0.600. The first-order valence-corrected chi connectivity index (χ1v) is 8.21. The molecule has 1 saturated carbocycles. The van der Waals surface area contributed by atoms with Crippen LogP contribution in [0.3, 0.4) is 0 Å². The highest BCUT2D eigenvalue weighted by molar-refractivity contribution is 9.10. The van der Waals surface area contributed by atoms with E-state index in [1.807, 2.05) is 6.07 Å². The van der Waals surface area contributed by atoms with Gasteiger partial charge < -0.3 is 10.2 Å². The molecule has 0 atom stereocenters. The molecule has 0 aliphatic heterocycles. The van der Waals surface area contributed by atoms with Gasteiger partial charge in [-0.25, -0.2) is 0 Å². The summed E-state index contributed by atoms with van der Waals surface area (Å²) in [6.07, 6.45) is 5.28. The average molecular weight is 356 g/mol. The summed E-state index contributed by atoms with van der Waals surface area (Å²) in [5.41, 5.74) is 0.896. The van der Waals surface area contributed by atoms with Gasteiger partial charge in [0.15, 0.2) is 0 Å². The number of nitrogens with zero attached hydrogens (tertiary/aromatic N) is 2. The average Bonchev–Trinajstić information content (AvgIpc) is 2.98.